The van der Waals surface area contributed by atoms with Crippen molar-refractivity contribution < 1.29 is 9.63 Å². The minimum absolute atomic E-state index is 0.193. The molecule has 0 saturated heterocycles. The van der Waals surface area contributed by atoms with Gasteiger partial charge in [-0.15, -0.1) is 0 Å². The van der Waals surface area contributed by atoms with Crippen LogP contribution in [0.3, 0.4) is 0 Å². The molecule has 5 nitrogen and oxygen atoms in total. The van der Waals surface area contributed by atoms with Crippen LogP contribution in [0.15, 0.2) is 4.52 Å². The average molecular weight is 157 g/mol. The Balaban J connectivity index is 2.89. The Kier molecular flexibility index (Phi) is 1.92. The van der Waals surface area contributed by atoms with Crippen LogP contribution < -0.4 is 5.73 Å². The van der Waals surface area contributed by atoms with Crippen molar-refractivity contribution in [1.29, 1.82) is 0 Å². The molecule has 0 saturated carbocycles. The highest BCUT2D eigenvalue weighted by atomic mass is 16.5. The van der Waals surface area contributed by atoms with E-state index in [-0.39, 0.29) is 12.5 Å². The van der Waals surface area contributed by atoms with Crippen molar-refractivity contribution in [2.24, 2.45) is 5.73 Å². The summed E-state index contributed by atoms with van der Waals surface area (Å²) < 4.78 is 4.65. The summed E-state index contributed by atoms with van der Waals surface area (Å²) in [5.41, 5.74) is 5.04. The van der Waals surface area contributed by atoms with Gasteiger partial charge in [-0.05, 0) is 13.8 Å². The fourth-order valence-corrected chi connectivity index (χ4v) is 0.581. The molecule has 0 aromatic carbocycles. The Morgan fingerprint density at radius 2 is 2.27 bits per heavy atom. The van der Waals surface area contributed by atoms with E-state index in [1.54, 1.807) is 13.8 Å². The Morgan fingerprint density at radius 3 is 2.55 bits per heavy atom. The van der Waals surface area contributed by atoms with Crippen LogP contribution in [0.5, 0.6) is 0 Å². The van der Waals surface area contributed by atoms with Gasteiger partial charge in [0.15, 0.2) is 5.82 Å². The molecule has 1 heterocycles. The normalized spacial score (nSPS) is 12.0. The SMILES string of the molecule is CC(C)(N)c1noc(CO)n1. The van der Waals surface area contributed by atoms with Gasteiger partial charge in [0.05, 0.1) is 5.54 Å². The molecule has 0 radical (unpaired) electrons. The number of aliphatic hydroxyl groups excluding tert-OH is 1. The summed E-state index contributed by atoms with van der Waals surface area (Å²) in [6.07, 6.45) is 0. The van der Waals surface area contributed by atoms with Crippen LogP contribution >= 0.6 is 0 Å². The average Bonchev–Trinajstić information content (AvgIpc) is 2.32. The highest BCUT2D eigenvalue weighted by molar-refractivity contribution is 4.98. The molecule has 1 aromatic rings. The lowest BCUT2D eigenvalue weighted by molar-refractivity contribution is 0.222. The van der Waals surface area contributed by atoms with E-state index in [1.807, 2.05) is 0 Å². The Morgan fingerprint density at radius 1 is 1.64 bits per heavy atom. The monoisotopic (exact) mass is 157 g/mol. The molecule has 0 unspecified atom stereocenters. The van der Waals surface area contributed by atoms with Gasteiger partial charge in [0.2, 0.25) is 0 Å². The van der Waals surface area contributed by atoms with E-state index in [9.17, 15) is 0 Å². The fraction of sp³-hybridized carbons (Fsp3) is 0.667. The number of nitrogens with zero attached hydrogens (tertiary/aromatic N) is 2. The molecule has 1 aromatic heterocycles. The van der Waals surface area contributed by atoms with Crippen molar-refractivity contribution in [3.05, 3.63) is 11.7 Å². The first-order valence-corrected chi connectivity index (χ1v) is 3.27. The van der Waals surface area contributed by atoms with E-state index in [1.165, 1.54) is 0 Å². The first kappa shape index (κ1) is 8.16. The highest BCUT2D eigenvalue weighted by Gasteiger charge is 2.20. The first-order valence-electron chi connectivity index (χ1n) is 3.27. The van der Waals surface area contributed by atoms with Gasteiger partial charge in [-0.2, -0.15) is 4.98 Å². The largest absolute Gasteiger partial charge is 0.387 e. The van der Waals surface area contributed by atoms with Crippen LogP contribution in [0, 0.1) is 0 Å². The fourth-order valence-electron chi connectivity index (χ4n) is 0.581. The van der Waals surface area contributed by atoms with Crippen LogP contribution in [-0.2, 0) is 12.1 Å². The number of nitrogens with two attached hydrogens (primary N) is 1. The first-order chi connectivity index (χ1) is 5.04. The molecule has 0 aliphatic rings. The van der Waals surface area contributed by atoms with Gasteiger partial charge >= 0.3 is 0 Å². The van der Waals surface area contributed by atoms with Crippen molar-refractivity contribution >= 4 is 0 Å². The molecule has 0 spiro atoms. The molecular formula is C6H11N3O2. The van der Waals surface area contributed by atoms with Crippen molar-refractivity contribution in [1.82, 2.24) is 10.1 Å². The minimum Gasteiger partial charge on any atom is -0.387 e. The predicted molar refractivity (Wildman–Crippen MR) is 37.4 cm³/mol. The summed E-state index contributed by atoms with van der Waals surface area (Å²) in [6, 6.07) is 0. The van der Waals surface area contributed by atoms with Crippen LogP contribution in [0.25, 0.3) is 0 Å². The zero-order chi connectivity index (χ0) is 8.48. The molecule has 3 N–H and O–H groups in total. The molecule has 0 aliphatic carbocycles. The second kappa shape index (κ2) is 2.60. The summed E-state index contributed by atoms with van der Waals surface area (Å²) in [6.45, 7) is 3.28. The van der Waals surface area contributed by atoms with Gasteiger partial charge < -0.3 is 15.4 Å². The molecule has 5 heteroatoms. The van der Waals surface area contributed by atoms with E-state index < -0.39 is 5.54 Å². The lowest BCUT2D eigenvalue weighted by Gasteiger charge is -2.11. The lowest BCUT2D eigenvalue weighted by Crippen LogP contribution is -2.30. The van der Waals surface area contributed by atoms with Gasteiger partial charge in [-0.25, -0.2) is 0 Å². The number of aliphatic hydroxyl groups is 1. The molecule has 0 bridgehead atoms. The third-order valence-electron chi connectivity index (χ3n) is 1.18. The molecule has 0 aliphatic heterocycles. The topological polar surface area (TPSA) is 85.2 Å². The van der Waals surface area contributed by atoms with E-state index >= 15 is 0 Å². The van der Waals surface area contributed by atoms with Crippen molar-refractivity contribution in [2.75, 3.05) is 0 Å². The zero-order valence-corrected chi connectivity index (χ0v) is 6.53. The van der Waals surface area contributed by atoms with E-state index in [0.29, 0.717) is 5.82 Å². The number of hydrogen-bond acceptors (Lipinski definition) is 5. The maximum absolute atomic E-state index is 8.58. The van der Waals surface area contributed by atoms with Gasteiger partial charge in [-0.3, -0.25) is 0 Å². The second-order valence-electron chi connectivity index (χ2n) is 2.89. The molecule has 11 heavy (non-hydrogen) atoms. The molecule has 0 fully saturated rings. The van der Waals surface area contributed by atoms with Crippen LogP contribution in [0.1, 0.15) is 25.6 Å². The molecule has 0 atom stereocenters. The predicted octanol–water partition coefficient (Wildman–Crippen LogP) is -0.244. The van der Waals surface area contributed by atoms with Gasteiger partial charge in [0, 0.05) is 0 Å². The van der Waals surface area contributed by atoms with Crippen LogP contribution in [-0.4, -0.2) is 15.2 Å². The molecule has 1 rings (SSSR count). The van der Waals surface area contributed by atoms with E-state index in [4.69, 9.17) is 10.8 Å². The maximum Gasteiger partial charge on any atom is 0.252 e. The summed E-state index contributed by atoms with van der Waals surface area (Å²) in [7, 11) is 0. The zero-order valence-electron chi connectivity index (χ0n) is 6.53. The Bertz CT molecular complexity index is 238. The number of aromatic nitrogens is 2. The van der Waals surface area contributed by atoms with E-state index in [2.05, 4.69) is 14.7 Å². The summed E-state index contributed by atoms with van der Waals surface area (Å²) in [5, 5.41) is 12.2. The standard InChI is InChI=1S/C6H11N3O2/c1-6(2,7)5-8-4(3-10)11-9-5/h10H,3,7H2,1-2H3. The third-order valence-corrected chi connectivity index (χ3v) is 1.18. The quantitative estimate of drug-likeness (QED) is 0.618. The van der Waals surface area contributed by atoms with Crippen molar-refractivity contribution in [3.8, 4) is 0 Å². The van der Waals surface area contributed by atoms with Crippen LogP contribution in [0.4, 0.5) is 0 Å². The van der Waals surface area contributed by atoms with Gasteiger partial charge in [0.25, 0.3) is 5.89 Å². The molecular weight excluding hydrogens is 146 g/mol. The van der Waals surface area contributed by atoms with Crippen LogP contribution in [0.2, 0.25) is 0 Å². The highest BCUT2D eigenvalue weighted by Crippen LogP contribution is 2.11. The smallest absolute Gasteiger partial charge is 0.252 e. The van der Waals surface area contributed by atoms with Gasteiger partial charge in [-0.1, -0.05) is 5.16 Å². The lowest BCUT2D eigenvalue weighted by atomic mass is 10.1. The number of hydrogen-bond donors (Lipinski definition) is 2. The minimum atomic E-state index is -0.614. The number of rotatable bonds is 2. The Hall–Kier alpha value is -0.940. The Labute approximate surface area is 64.2 Å². The van der Waals surface area contributed by atoms with Crippen molar-refractivity contribution in [3.63, 3.8) is 0 Å². The third kappa shape index (κ3) is 1.75. The molecule has 0 amide bonds. The maximum atomic E-state index is 8.58. The van der Waals surface area contributed by atoms with E-state index in [0.717, 1.165) is 0 Å². The van der Waals surface area contributed by atoms with Gasteiger partial charge in [0.1, 0.15) is 6.61 Å². The molecule has 62 valence electrons. The second-order valence-corrected chi connectivity index (χ2v) is 2.89. The summed E-state index contributed by atoms with van der Waals surface area (Å²) >= 11 is 0. The summed E-state index contributed by atoms with van der Waals surface area (Å²) in [5.74, 6) is 0.597. The summed E-state index contributed by atoms with van der Waals surface area (Å²) in [4.78, 5) is 3.85. The van der Waals surface area contributed by atoms with Crippen molar-refractivity contribution in [2.45, 2.75) is 26.0 Å².